The number of rotatable bonds is 2. The minimum Gasteiger partial charge on any atom is -0.398 e. The molecule has 90 valence electrons. The molecule has 0 spiro atoms. The zero-order valence-electron chi connectivity index (χ0n) is 10.2. The van der Waals surface area contributed by atoms with Crippen molar-refractivity contribution in [2.75, 3.05) is 5.73 Å². The molecule has 0 aliphatic rings. The SMILES string of the molecule is Cc1ccccc1Cc1nnc2ccc(N)cn12. The Hall–Kier alpha value is -2.36. The predicted molar refractivity (Wildman–Crippen MR) is 71.4 cm³/mol. The second kappa shape index (κ2) is 4.14. The van der Waals surface area contributed by atoms with Gasteiger partial charge < -0.3 is 5.73 Å². The van der Waals surface area contributed by atoms with Gasteiger partial charge in [-0.3, -0.25) is 4.40 Å². The third-order valence-electron chi connectivity index (χ3n) is 3.11. The third-order valence-corrected chi connectivity index (χ3v) is 3.11. The first kappa shape index (κ1) is 10.8. The van der Waals surface area contributed by atoms with Gasteiger partial charge in [0.2, 0.25) is 0 Å². The van der Waals surface area contributed by atoms with Gasteiger partial charge in [0.25, 0.3) is 0 Å². The molecule has 0 saturated carbocycles. The van der Waals surface area contributed by atoms with Crippen LogP contribution in [0.15, 0.2) is 42.6 Å². The maximum atomic E-state index is 5.80. The number of hydrogen-bond donors (Lipinski definition) is 1. The van der Waals surface area contributed by atoms with E-state index in [1.165, 1.54) is 11.1 Å². The van der Waals surface area contributed by atoms with Crippen molar-refractivity contribution in [3.63, 3.8) is 0 Å². The topological polar surface area (TPSA) is 56.2 Å². The van der Waals surface area contributed by atoms with Crippen LogP contribution < -0.4 is 5.73 Å². The number of hydrogen-bond acceptors (Lipinski definition) is 3. The van der Waals surface area contributed by atoms with E-state index in [2.05, 4.69) is 29.3 Å². The van der Waals surface area contributed by atoms with Crippen LogP contribution >= 0.6 is 0 Å². The van der Waals surface area contributed by atoms with E-state index in [-0.39, 0.29) is 0 Å². The van der Waals surface area contributed by atoms with Crippen LogP contribution in [0, 0.1) is 6.92 Å². The van der Waals surface area contributed by atoms with Gasteiger partial charge in [0.05, 0.1) is 0 Å². The van der Waals surface area contributed by atoms with Gasteiger partial charge in [0.15, 0.2) is 5.65 Å². The molecule has 0 aliphatic heterocycles. The second-order valence-electron chi connectivity index (χ2n) is 4.41. The van der Waals surface area contributed by atoms with E-state index in [9.17, 15) is 0 Å². The fourth-order valence-corrected chi connectivity index (χ4v) is 2.05. The number of anilines is 1. The molecule has 0 amide bonds. The summed E-state index contributed by atoms with van der Waals surface area (Å²) in [5.74, 6) is 0.909. The smallest absolute Gasteiger partial charge is 0.160 e. The zero-order valence-corrected chi connectivity index (χ0v) is 10.2. The molecule has 0 aliphatic carbocycles. The van der Waals surface area contributed by atoms with E-state index in [1.54, 1.807) is 0 Å². The van der Waals surface area contributed by atoms with Crippen molar-refractivity contribution in [2.24, 2.45) is 0 Å². The summed E-state index contributed by atoms with van der Waals surface area (Å²) in [7, 11) is 0. The van der Waals surface area contributed by atoms with Gasteiger partial charge in [0.1, 0.15) is 5.82 Å². The Morgan fingerprint density at radius 2 is 1.94 bits per heavy atom. The molecule has 1 aromatic carbocycles. The molecule has 18 heavy (non-hydrogen) atoms. The molecule has 3 aromatic rings. The lowest BCUT2D eigenvalue weighted by molar-refractivity contribution is 0.929. The van der Waals surface area contributed by atoms with Crippen molar-refractivity contribution >= 4 is 11.3 Å². The maximum Gasteiger partial charge on any atom is 0.160 e. The van der Waals surface area contributed by atoms with Gasteiger partial charge in [-0.1, -0.05) is 24.3 Å². The summed E-state index contributed by atoms with van der Waals surface area (Å²) in [6.07, 6.45) is 2.63. The highest BCUT2D eigenvalue weighted by Crippen LogP contribution is 2.14. The number of nitrogens with zero attached hydrogens (tertiary/aromatic N) is 3. The number of aromatic nitrogens is 3. The average molecular weight is 238 g/mol. The zero-order chi connectivity index (χ0) is 12.5. The van der Waals surface area contributed by atoms with Crippen molar-refractivity contribution in [1.82, 2.24) is 14.6 Å². The predicted octanol–water partition coefficient (Wildman–Crippen LogP) is 2.21. The summed E-state index contributed by atoms with van der Waals surface area (Å²) in [5, 5.41) is 8.37. The highest BCUT2D eigenvalue weighted by atomic mass is 15.2. The van der Waals surface area contributed by atoms with Crippen molar-refractivity contribution < 1.29 is 0 Å². The molecule has 2 aromatic heterocycles. The lowest BCUT2D eigenvalue weighted by Crippen LogP contribution is -1.99. The van der Waals surface area contributed by atoms with E-state index in [0.29, 0.717) is 5.69 Å². The molecule has 2 heterocycles. The fourth-order valence-electron chi connectivity index (χ4n) is 2.05. The van der Waals surface area contributed by atoms with Gasteiger partial charge in [0, 0.05) is 18.3 Å². The molecule has 0 saturated heterocycles. The first-order chi connectivity index (χ1) is 8.74. The summed E-state index contributed by atoms with van der Waals surface area (Å²) in [5.41, 5.74) is 9.86. The van der Waals surface area contributed by atoms with E-state index in [1.807, 2.05) is 34.9 Å². The maximum absolute atomic E-state index is 5.80. The van der Waals surface area contributed by atoms with Crippen molar-refractivity contribution in [3.8, 4) is 0 Å². The van der Waals surface area contributed by atoms with Crippen LogP contribution in [0.5, 0.6) is 0 Å². The highest BCUT2D eigenvalue weighted by molar-refractivity contribution is 5.47. The summed E-state index contributed by atoms with van der Waals surface area (Å²) < 4.78 is 1.95. The van der Waals surface area contributed by atoms with Gasteiger partial charge in [-0.25, -0.2) is 0 Å². The van der Waals surface area contributed by atoms with Crippen LogP contribution in [0.3, 0.4) is 0 Å². The number of pyridine rings is 1. The second-order valence-corrected chi connectivity index (χ2v) is 4.41. The Balaban J connectivity index is 2.05. The molecule has 2 N–H and O–H groups in total. The van der Waals surface area contributed by atoms with Crippen molar-refractivity contribution in [2.45, 2.75) is 13.3 Å². The molecule has 3 rings (SSSR count). The Labute approximate surface area is 105 Å². The Morgan fingerprint density at radius 1 is 1.11 bits per heavy atom. The van der Waals surface area contributed by atoms with Crippen LogP contribution in [-0.2, 0) is 6.42 Å². The fraction of sp³-hybridized carbons (Fsp3) is 0.143. The number of aryl methyl sites for hydroxylation is 1. The summed E-state index contributed by atoms with van der Waals surface area (Å²) in [4.78, 5) is 0. The van der Waals surface area contributed by atoms with Crippen LogP contribution in [0.1, 0.15) is 17.0 Å². The summed E-state index contributed by atoms with van der Waals surface area (Å²) >= 11 is 0. The number of fused-ring (bicyclic) bond motifs is 1. The third kappa shape index (κ3) is 1.82. The largest absolute Gasteiger partial charge is 0.398 e. The van der Waals surface area contributed by atoms with E-state index >= 15 is 0 Å². The van der Waals surface area contributed by atoms with Crippen LogP contribution in [0.4, 0.5) is 5.69 Å². The quantitative estimate of drug-likeness (QED) is 0.744. The lowest BCUT2D eigenvalue weighted by atomic mass is 10.1. The van der Waals surface area contributed by atoms with Crippen LogP contribution in [-0.4, -0.2) is 14.6 Å². The average Bonchev–Trinajstić information content (AvgIpc) is 2.75. The first-order valence-corrected chi connectivity index (χ1v) is 5.88. The first-order valence-electron chi connectivity index (χ1n) is 5.88. The van der Waals surface area contributed by atoms with Crippen LogP contribution in [0.2, 0.25) is 0 Å². The Bertz CT molecular complexity index is 700. The number of nitrogens with two attached hydrogens (primary N) is 1. The number of benzene rings is 1. The molecule has 0 bridgehead atoms. The minimum atomic E-state index is 0.716. The van der Waals surface area contributed by atoms with E-state index < -0.39 is 0 Å². The number of nitrogen functional groups attached to an aromatic ring is 1. The van der Waals surface area contributed by atoms with Crippen LogP contribution in [0.25, 0.3) is 5.65 Å². The Morgan fingerprint density at radius 3 is 2.78 bits per heavy atom. The van der Waals surface area contributed by atoms with E-state index in [0.717, 1.165) is 17.9 Å². The minimum absolute atomic E-state index is 0.716. The van der Waals surface area contributed by atoms with Crippen molar-refractivity contribution in [3.05, 3.63) is 59.5 Å². The molecular formula is C14H14N4. The standard InChI is InChI=1S/C14H14N4/c1-10-4-2-3-5-11(10)8-14-17-16-13-7-6-12(15)9-18(13)14/h2-7,9H,8,15H2,1H3. The van der Waals surface area contributed by atoms with Gasteiger partial charge >= 0.3 is 0 Å². The lowest BCUT2D eigenvalue weighted by Gasteiger charge is -2.04. The molecule has 0 unspecified atom stereocenters. The van der Waals surface area contributed by atoms with Gasteiger partial charge in [-0.15, -0.1) is 10.2 Å². The molecule has 0 atom stereocenters. The molecule has 4 nitrogen and oxygen atoms in total. The van der Waals surface area contributed by atoms with Crippen molar-refractivity contribution in [1.29, 1.82) is 0 Å². The molecule has 0 radical (unpaired) electrons. The molecular weight excluding hydrogens is 224 g/mol. The van der Waals surface area contributed by atoms with E-state index in [4.69, 9.17) is 5.73 Å². The van der Waals surface area contributed by atoms with Gasteiger partial charge in [-0.05, 0) is 30.2 Å². The molecule has 0 fully saturated rings. The monoisotopic (exact) mass is 238 g/mol. The van der Waals surface area contributed by atoms with Gasteiger partial charge in [-0.2, -0.15) is 0 Å². The normalized spacial score (nSPS) is 10.9. The molecule has 4 heteroatoms. The highest BCUT2D eigenvalue weighted by Gasteiger charge is 2.07. The Kier molecular flexibility index (Phi) is 2.48. The summed E-state index contributed by atoms with van der Waals surface area (Å²) in [6.45, 7) is 2.10. The summed E-state index contributed by atoms with van der Waals surface area (Å²) in [6, 6.07) is 12.0.